The highest BCUT2D eigenvalue weighted by Gasteiger charge is 2.48. The van der Waals surface area contributed by atoms with Crippen LogP contribution in [0.5, 0.6) is 5.75 Å². The third-order valence-electron chi connectivity index (χ3n) is 3.51. The number of benzene rings is 1. The second-order valence-corrected chi connectivity index (χ2v) is 11.5. The fraction of sp³-hybridized carbons (Fsp3) is 0.214. The zero-order chi connectivity index (χ0) is 22.1. The molecule has 0 fully saturated rings. The number of aromatic amines is 1. The first-order chi connectivity index (χ1) is 14.0. The van der Waals surface area contributed by atoms with Crippen molar-refractivity contribution >= 4 is 85.5 Å². The van der Waals surface area contributed by atoms with Crippen LogP contribution in [0.3, 0.4) is 0 Å². The molecule has 2 aromatic heterocycles. The van der Waals surface area contributed by atoms with Crippen molar-refractivity contribution in [3.63, 3.8) is 0 Å². The van der Waals surface area contributed by atoms with E-state index in [1.165, 1.54) is 13.4 Å². The largest absolute Gasteiger partial charge is 0.495 e. The Hall–Kier alpha value is -1.58. The molecule has 1 aromatic carbocycles. The van der Waals surface area contributed by atoms with E-state index in [1.54, 1.807) is 18.2 Å². The fourth-order valence-electron chi connectivity index (χ4n) is 2.36. The molecule has 3 aromatic rings. The lowest BCUT2D eigenvalue weighted by Gasteiger charge is -2.24. The summed E-state index contributed by atoms with van der Waals surface area (Å²) in [5.74, 6) is 0.265. The van der Waals surface area contributed by atoms with Gasteiger partial charge in [-0.05, 0) is 39.8 Å². The van der Waals surface area contributed by atoms with Crippen LogP contribution in [-0.4, -0.2) is 34.7 Å². The van der Waals surface area contributed by atoms with Gasteiger partial charge < -0.3 is 15.0 Å². The van der Waals surface area contributed by atoms with E-state index < -0.39 is 11.9 Å². The topological polar surface area (TPSA) is 145 Å². The molecule has 0 radical (unpaired) electrons. The summed E-state index contributed by atoms with van der Waals surface area (Å²) in [6.45, 7) is 0. The van der Waals surface area contributed by atoms with Gasteiger partial charge in [-0.2, -0.15) is 0 Å². The first kappa shape index (κ1) is 23.1. The molecular weight excluding hydrogens is 548 g/mol. The number of imidazole rings is 1. The van der Waals surface area contributed by atoms with E-state index in [0.29, 0.717) is 17.0 Å². The summed E-state index contributed by atoms with van der Waals surface area (Å²) in [6.07, 6.45) is 1.35. The molecule has 0 aliphatic carbocycles. The van der Waals surface area contributed by atoms with Gasteiger partial charge in [0.25, 0.3) is 15.3 Å². The number of alkyl halides is 3. The first-order valence-corrected chi connectivity index (χ1v) is 10.9. The smallest absolute Gasteiger partial charge is 0.287 e. The fourth-order valence-corrected chi connectivity index (χ4v) is 5.80. The van der Waals surface area contributed by atoms with Gasteiger partial charge in [0.15, 0.2) is 17.3 Å². The van der Waals surface area contributed by atoms with Crippen LogP contribution >= 0.6 is 62.8 Å². The number of aromatic nitrogens is 4. The molecule has 10 nitrogen and oxygen atoms in total. The number of thioether (sulfide) groups is 1. The van der Waals surface area contributed by atoms with Gasteiger partial charge >= 0.3 is 0 Å². The molecule has 0 bridgehead atoms. The number of hydrogen-bond donors (Lipinski definition) is 3. The van der Waals surface area contributed by atoms with Crippen molar-refractivity contribution in [1.29, 1.82) is 0 Å². The van der Waals surface area contributed by atoms with Crippen LogP contribution in [0.15, 0.2) is 24.5 Å². The lowest BCUT2D eigenvalue weighted by molar-refractivity contribution is -0.285. The molecule has 0 spiro atoms. The number of hydrogen-bond acceptors (Lipinski definition) is 10. The van der Waals surface area contributed by atoms with Gasteiger partial charge in [0.2, 0.25) is 4.20 Å². The molecule has 0 aliphatic heterocycles. The maximum atomic E-state index is 14.1. The number of H-pyrrole nitrogens is 1. The summed E-state index contributed by atoms with van der Waals surface area (Å²) in [6, 6.07) is 5.02. The molecule has 2 heterocycles. The standard InChI is InChI=1S/C14H11BrCl2FN7O3S2/c1-28-7-4-2-3-6(8(7)16)22-11-9-10(21-5-20-9)23-12(24-11)13(19,30-25(26)27)29-14(15,17)18/h2-5H,19H2,1H3,(H2,20,21,22,23,24). The molecule has 2 unspecified atom stereocenters. The van der Waals surface area contributed by atoms with Crippen molar-refractivity contribution in [2.75, 3.05) is 12.4 Å². The highest BCUT2D eigenvalue weighted by atomic mass is 79.9. The second-order valence-electron chi connectivity index (χ2n) is 5.47. The van der Waals surface area contributed by atoms with Crippen LogP contribution in [0.25, 0.3) is 11.2 Å². The predicted octanol–water partition coefficient (Wildman–Crippen LogP) is 4.70. The lowest BCUT2D eigenvalue weighted by atomic mass is 10.3. The molecule has 4 N–H and O–H groups in total. The van der Waals surface area contributed by atoms with E-state index >= 15 is 0 Å². The second kappa shape index (κ2) is 8.88. The molecular formula is C14H11BrCl2FN7O3S2. The Balaban J connectivity index is 2.13. The van der Waals surface area contributed by atoms with Crippen molar-refractivity contribution in [2.24, 2.45) is 5.73 Å². The Morgan fingerprint density at radius 1 is 1.47 bits per heavy atom. The number of nitrogens with two attached hydrogens (primary N) is 1. The molecule has 160 valence electrons. The van der Waals surface area contributed by atoms with E-state index in [1.807, 2.05) is 0 Å². The third kappa shape index (κ3) is 5.18. The SMILES string of the molecule is COc1cccc(Nc2nc(C(N)(S[N+](=O)[O-])SC(F)(Cl)Br)nc3nc[nH]c23)c1Cl. The Morgan fingerprint density at radius 2 is 2.20 bits per heavy atom. The number of nitrogens with zero attached hydrogens (tertiary/aromatic N) is 4. The van der Waals surface area contributed by atoms with E-state index in [-0.39, 0.29) is 46.0 Å². The predicted molar refractivity (Wildman–Crippen MR) is 120 cm³/mol. The molecule has 0 saturated heterocycles. The summed E-state index contributed by atoms with van der Waals surface area (Å²) in [5, 5.41) is 14.4. The van der Waals surface area contributed by atoms with Crippen molar-refractivity contribution < 1.29 is 13.5 Å². The molecule has 0 aliphatic rings. The summed E-state index contributed by atoms with van der Waals surface area (Å²) in [4.78, 5) is 26.4. The molecule has 3 rings (SSSR count). The Bertz CT molecular complexity index is 1100. The lowest BCUT2D eigenvalue weighted by Crippen LogP contribution is -2.35. The van der Waals surface area contributed by atoms with Gasteiger partial charge in [0, 0.05) is 0 Å². The number of rotatable bonds is 8. The number of methoxy groups -OCH3 is 1. The van der Waals surface area contributed by atoms with Crippen LogP contribution < -0.4 is 15.8 Å². The monoisotopic (exact) mass is 557 g/mol. The molecule has 0 saturated carbocycles. The van der Waals surface area contributed by atoms with Crippen LogP contribution in [-0.2, 0) is 4.20 Å². The number of anilines is 2. The average Bonchev–Trinajstić information content (AvgIpc) is 3.10. The molecule has 2 atom stereocenters. The van der Waals surface area contributed by atoms with Gasteiger partial charge in [0.05, 0.1) is 19.1 Å². The van der Waals surface area contributed by atoms with Gasteiger partial charge in [0.1, 0.15) is 20.6 Å². The van der Waals surface area contributed by atoms with Gasteiger partial charge in [-0.1, -0.05) is 29.3 Å². The van der Waals surface area contributed by atoms with Crippen molar-refractivity contribution in [3.05, 3.63) is 45.5 Å². The average molecular weight is 559 g/mol. The summed E-state index contributed by atoms with van der Waals surface area (Å²) < 4.78 is 13.7. The van der Waals surface area contributed by atoms with Crippen LogP contribution in [0.2, 0.25) is 5.02 Å². The normalized spacial score (nSPS) is 15.4. The van der Waals surface area contributed by atoms with Crippen molar-refractivity contribution in [1.82, 2.24) is 19.9 Å². The van der Waals surface area contributed by atoms with Crippen molar-refractivity contribution in [2.45, 2.75) is 7.57 Å². The minimum Gasteiger partial charge on any atom is -0.495 e. The number of fused-ring (bicyclic) bond motifs is 1. The quantitative estimate of drug-likeness (QED) is 0.117. The maximum absolute atomic E-state index is 14.1. The Labute approximate surface area is 195 Å². The first-order valence-electron chi connectivity index (χ1n) is 7.73. The van der Waals surface area contributed by atoms with E-state index in [2.05, 4.69) is 41.2 Å². The number of ether oxygens (including phenoxy) is 1. The van der Waals surface area contributed by atoms with Gasteiger partial charge in [-0.25, -0.2) is 19.3 Å². The van der Waals surface area contributed by atoms with Gasteiger partial charge in [-0.3, -0.25) is 15.8 Å². The van der Waals surface area contributed by atoms with Gasteiger partial charge in [-0.15, -0.1) is 0 Å². The zero-order valence-electron chi connectivity index (χ0n) is 14.7. The Kier molecular flexibility index (Phi) is 6.84. The number of halogens is 4. The number of nitrogens with one attached hydrogen (secondary N) is 2. The molecule has 16 heteroatoms. The van der Waals surface area contributed by atoms with Crippen LogP contribution in [0.1, 0.15) is 5.82 Å². The third-order valence-corrected chi connectivity index (χ3v) is 6.41. The van der Waals surface area contributed by atoms with E-state index in [4.69, 9.17) is 33.7 Å². The van der Waals surface area contributed by atoms with Crippen LogP contribution in [0, 0.1) is 10.1 Å². The van der Waals surface area contributed by atoms with E-state index in [9.17, 15) is 14.5 Å². The van der Waals surface area contributed by atoms with Crippen molar-refractivity contribution in [3.8, 4) is 5.75 Å². The minimum absolute atomic E-state index is 0.0111. The Morgan fingerprint density at radius 3 is 2.83 bits per heavy atom. The highest BCUT2D eigenvalue weighted by Crippen LogP contribution is 2.52. The van der Waals surface area contributed by atoms with Crippen LogP contribution in [0.4, 0.5) is 15.9 Å². The zero-order valence-corrected chi connectivity index (χ0v) is 19.5. The highest BCUT2D eigenvalue weighted by molar-refractivity contribution is 9.12. The van der Waals surface area contributed by atoms with E-state index in [0.717, 1.165) is 0 Å². The molecule has 0 amide bonds. The maximum Gasteiger partial charge on any atom is 0.287 e. The summed E-state index contributed by atoms with van der Waals surface area (Å²) >= 11 is 14.6. The molecule has 30 heavy (non-hydrogen) atoms. The summed E-state index contributed by atoms with van der Waals surface area (Å²) in [7, 11) is 1.46. The number of nitro groups is 1. The summed E-state index contributed by atoms with van der Waals surface area (Å²) in [5.41, 5.74) is 7.02. The minimum atomic E-state index is -2.61.